The van der Waals surface area contributed by atoms with Crippen molar-refractivity contribution in [1.82, 2.24) is 0 Å². The summed E-state index contributed by atoms with van der Waals surface area (Å²) in [6.45, 7) is 4.52. The van der Waals surface area contributed by atoms with Crippen LogP contribution in [0.5, 0.6) is 0 Å². The van der Waals surface area contributed by atoms with Crippen LogP contribution in [0.4, 0.5) is 0 Å². The van der Waals surface area contributed by atoms with E-state index in [1.54, 1.807) is 0 Å². The lowest BCUT2D eigenvalue weighted by Gasteiger charge is -2.08. The summed E-state index contributed by atoms with van der Waals surface area (Å²) in [5, 5.41) is 0. The highest BCUT2D eigenvalue weighted by Crippen LogP contribution is 2.24. The molecule has 0 aromatic heterocycles. The predicted octanol–water partition coefficient (Wildman–Crippen LogP) is 1.29. The highest BCUT2D eigenvalue weighted by atomic mass is 16.6. The molecule has 0 radical (unpaired) electrons. The van der Waals surface area contributed by atoms with Crippen LogP contribution in [-0.2, 0) is 23.7 Å². The van der Waals surface area contributed by atoms with Gasteiger partial charge >= 0.3 is 5.97 Å². The number of hydrogen-bond donors (Lipinski definition) is 0. The maximum absolute atomic E-state index is 10.2. The van der Waals surface area contributed by atoms with Crippen molar-refractivity contribution in [3.63, 3.8) is 0 Å². The Bertz CT molecular complexity index is 233. The first-order chi connectivity index (χ1) is 8.86. The van der Waals surface area contributed by atoms with Crippen LogP contribution in [-0.4, -0.2) is 51.2 Å². The van der Waals surface area contributed by atoms with Crippen LogP contribution in [0.15, 0.2) is 0 Å². The van der Waals surface area contributed by atoms with Crippen LogP contribution < -0.4 is 0 Å². The maximum Gasteiger partial charge on any atom is 0.305 e. The summed E-state index contributed by atoms with van der Waals surface area (Å²) in [5.41, 5.74) is 0. The number of hydrogen-bond acceptors (Lipinski definition) is 5. The Balaban J connectivity index is 0.000000110. The molecular formula is C13H22O5. The zero-order chi connectivity index (χ0) is 12.6. The van der Waals surface area contributed by atoms with Crippen molar-refractivity contribution < 1.29 is 23.7 Å². The molecule has 0 aromatic carbocycles. The van der Waals surface area contributed by atoms with Crippen LogP contribution in [0.25, 0.3) is 0 Å². The third-order valence-electron chi connectivity index (χ3n) is 2.98. The lowest BCUT2D eigenvalue weighted by molar-refractivity contribution is -0.146. The molecule has 4 aliphatic rings. The molecule has 5 nitrogen and oxygen atoms in total. The molecule has 0 N–H and O–H groups in total. The van der Waals surface area contributed by atoms with Crippen molar-refractivity contribution in [3.8, 4) is 0 Å². The number of esters is 1. The molecule has 2 atom stereocenters. The number of ether oxygens (including phenoxy) is 4. The van der Waals surface area contributed by atoms with Gasteiger partial charge in [-0.1, -0.05) is 0 Å². The van der Waals surface area contributed by atoms with Gasteiger partial charge in [0.2, 0.25) is 0 Å². The van der Waals surface area contributed by atoms with Crippen molar-refractivity contribution in [3.05, 3.63) is 0 Å². The highest BCUT2D eigenvalue weighted by Gasteiger charge is 2.35. The van der Waals surface area contributed by atoms with Gasteiger partial charge in [-0.05, 0) is 25.7 Å². The molecule has 0 amide bonds. The number of rotatable bonds is 1. The molecule has 18 heavy (non-hydrogen) atoms. The minimum absolute atomic E-state index is 0.0359. The average Bonchev–Trinajstić information content (AvgIpc) is 3.32. The molecule has 5 heteroatoms. The van der Waals surface area contributed by atoms with E-state index in [1.807, 2.05) is 0 Å². The van der Waals surface area contributed by atoms with E-state index in [9.17, 15) is 4.79 Å². The lowest BCUT2D eigenvalue weighted by atomic mass is 10.2. The topological polar surface area (TPSA) is 60.6 Å². The third kappa shape index (κ3) is 6.33. The van der Waals surface area contributed by atoms with Gasteiger partial charge in [-0.3, -0.25) is 4.79 Å². The molecule has 0 spiro atoms. The average molecular weight is 258 g/mol. The molecule has 2 unspecified atom stereocenters. The van der Waals surface area contributed by atoms with Crippen molar-refractivity contribution in [2.45, 2.75) is 44.3 Å². The van der Waals surface area contributed by atoms with Crippen LogP contribution in [0.2, 0.25) is 0 Å². The van der Waals surface area contributed by atoms with Crippen LogP contribution >= 0.6 is 0 Å². The summed E-state index contributed by atoms with van der Waals surface area (Å²) >= 11 is 0. The van der Waals surface area contributed by atoms with Crippen LogP contribution in [0.3, 0.4) is 0 Å². The van der Waals surface area contributed by atoms with E-state index in [4.69, 9.17) is 9.47 Å². The Morgan fingerprint density at radius 1 is 0.889 bits per heavy atom. The first-order valence-electron chi connectivity index (χ1n) is 6.83. The number of epoxide rings is 2. The van der Waals surface area contributed by atoms with Gasteiger partial charge in [0, 0.05) is 13.0 Å². The smallest absolute Gasteiger partial charge is 0.305 e. The van der Waals surface area contributed by atoms with E-state index < -0.39 is 0 Å². The second kappa shape index (κ2) is 7.71. The van der Waals surface area contributed by atoms with E-state index in [-0.39, 0.29) is 5.97 Å². The molecule has 4 fully saturated rings. The first-order valence-corrected chi connectivity index (χ1v) is 6.83. The van der Waals surface area contributed by atoms with Gasteiger partial charge in [-0.2, -0.15) is 0 Å². The SMILES string of the molecule is C1CO1.C1COC(C2CO2)C1.O=C1CCCCO1. The Kier molecular flexibility index (Phi) is 5.90. The summed E-state index contributed by atoms with van der Waals surface area (Å²) in [6, 6.07) is 0. The molecule has 0 aromatic rings. The molecule has 4 heterocycles. The molecule has 0 saturated carbocycles. The molecule has 4 saturated heterocycles. The zero-order valence-electron chi connectivity index (χ0n) is 10.8. The van der Waals surface area contributed by atoms with Crippen LogP contribution in [0.1, 0.15) is 32.1 Å². The van der Waals surface area contributed by atoms with Gasteiger partial charge in [-0.15, -0.1) is 0 Å². The fourth-order valence-electron chi connectivity index (χ4n) is 1.80. The fraction of sp³-hybridized carbons (Fsp3) is 0.923. The second-order valence-electron chi connectivity index (χ2n) is 4.71. The first kappa shape index (κ1) is 13.8. The zero-order valence-corrected chi connectivity index (χ0v) is 10.8. The normalized spacial score (nSPS) is 32.3. The Labute approximate surface area is 108 Å². The largest absolute Gasteiger partial charge is 0.466 e. The Morgan fingerprint density at radius 3 is 2.00 bits per heavy atom. The standard InChI is InChI=1S/C6H10O2.C5H8O2.C2H4O/c1-2-5(7-3-1)6-4-8-6;6-5-3-1-2-4-7-5;1-2-3-1/h5-6H,1-4H2;1-4H2;1-2H2. The van der Waals surface area contributed by atoms with E-state index in [2.05, 4.69) is 9.47 Å². The third-order valence-corrected chi connectivity index (χ3v) is 2.98. The minimum Gasteiger partial charge on any atom is -0.466 e. The van der Waals surface area contributed by atoms with E-state index in [0.717, 1.165) is 39.3 Å². The van der Waals surface area contributed by atoms with Gasteiger partial charge in [0.15, 0.2) is 0 Å². The molecular weight excluding hydrogens is 236 g/mol. The number of cyclic esters (lactones) is 1. The van der Waals surface area contributed by atoms with Gasteiger partial charge in [-0.25, -0.2) is 0 Å². The monoisotopic (exact) mass is 258 g/mol. The quantitative estimate of drug-likeness (QED) is 0.524. The molecule has 4 aliphatic heterocycles. The van der Waals surface area contributed by atoms with E-state index in [1.165, 1.54) is 12.8 Å². The van der Waals surface area contributed by atoms with Crippen molar-refractivity contribution in [1.29, 1.82) is 0 Å². The summed E-state index contributed by atoms with van der Waals surface area (Å²) in [4.78, 5) is 10.2. The molecule has 0 bridgehead atoms. The molecule has 104 valence electrons. The van der Waals surface area contributed by atoms with Crippen molar-refractivity contribution >= 4 is 5.97 Å². The van der Waals surface area contributed by atoms with Gasteiger partial charge in [0.1, 0.15) is 6.10 Å². The van der Waals surface area contributed by atoms with Gasteiger partial charge in [0.05, 0.1) is 32.5 Å². The maximum atomic E-state index is 10.2. The van der Waals surface area contributed by atoms with Crippen LogP contribution in [0, 0.1) is 0 Å². The highest BCUT2D eigenvalue weighted by molar-refractivity contribution is 5.69. The summed E-state index contributed by atoms with van der Waals surface area (Å²) in [5.74, 6) is -0.0359. The minimum atomic E-state index is -0.0359. The predicted molar refractivity (Wildman–Crippen MR) is 64.3 cm³/mol. The number of carbonyl (C=O) groups is 1. The molecule has 0 aliphatic carbocycles. The molecule has 4 rings (SSSR count). The summed E-state index contributed by atoms with van der Waals surface area (Å²) in [6.07, 6.45) is 6.05. The van der Waals surface area contributed by atoms with Gasteiger partial charge in [0.25, 0.3) is 0 Å². The summed E-state index contributed by atoms with van der Waals surface area (Å²) < 4.78 is 19.6. The Hall–Kier alpha value is -0.650. The second-order valence-corrected chi connectivity index (χ2v) is 4.71. The lowest BCUT2D eigenvalue weighted by Crippen LogP contribution is -2.12. The van der Waals surface area contributed by atoms with Crippen molar-refractivity contribution in [2.24, 2.45) is 0 Å². The fourth-order valence-corrected chi connectivity index (χ4v) is 1.80. The summed E-state index contributed by atoms with van der Waals surface area (Å²) in [7, 11) is 0. The number of carbonyl (C=O) groups excluding carboxylic acids is 1. The van der Waals surface area contributed by atoms with E-state index in [0.29, 0.717) is 25.2 Å². The van der Waals surface area contributed by atoms with Crippen molar-refractivity contribution in [2.75, 3.05) is 33.0 Å². The van der Waals surface area contributed by atoms with E-state index >= 15 is 0 Å². The van der Waals surface area contributed by atoms with Gasteiger partial charge < -0.3 is 18.9 Å². The Morgan fingerprint density at radius 2 is 1.67 bits per heavy atom.